The third-order valence-corrected chi connectivity index (χ3v) is 4.02. The molecule has 0 fully saturated rings. The highest BCUT2D eigenvalue weighted by atomic mass is 32.1. The summed E-state index contributed by atoms with van der Waals surface area (Å²) in [5.74, 6) is 0.620. The first kappa shape index (κ1) is 15.5. The topological polar surface area (TPSA) is 43.6 Å². The second-order valence-corrected chi connectivity index (χ2v) is 5.96. The number of amides is 1. The zero-order chi connectivity index (χ0) is 15.4. The van der Waals surface area contributed by atoms with Gasteiger partial charge in [-0.3, -0.25) is 4.79 Å². The van der Waals surface area contributed by atoms with E-state index in [0.29, 0.717) is 18.0 Å². The normalized spacial score (nSPS) is 12.1. The van der Waals surface area contributed by atoms with Crippen molar-refractivity contribution >= 4 is 27.5 Å². The lowest BCUT2D eigenvalue weighted by Crippen LogP contribution is -2.17. The maximum absolute atomic E-state index is 11.9. The molecule has 4 nitrogen and oxygen atoms in total. The SMILES string of the molecule is C=CCn1c(=NC(=O)C(C)C)sc2cc(OCC)ccc21. The van der Waals surface area contributed by atoms with E-state index in [0.717, 1.165) is 16.0 Å². The van der Waals surface area contributed by atoms with Crippen LogP contribution in [0.15, 0.2) is 35.8 Å². The minimum atomic E-state index is -0.107. The number of aromatic nitrogens is 1. The van der Waals surface area contributed by atoms with Crippen LogP contribution in [0.2, 0.25) is 0 Å². The molecule has 0 aliphatic rings. The molecule has 1 aromatic carbocycles. The van der Waals surface area contributed by atoms with Crippen molar-refractivity contribution in [2.24, 2.45) is 10.9 Å². The fourth-order valence-electron chi connectivity index (χ4n) is 1.92. The third kappa shape index (κ3) is 3.42. The first-order valence-corrected chi connectivity index (χ1v) is 7.84. The number of thiazole rings is 1. The number of carbonyl (C=O) groups excluding carboxylic acids is 1. The monoisotopic (exact) mass is 304 g/mol. The van der Waals surface area contributed by atoms with Crippen LogP contribution in [0.25, 0.3) is 10.2 Å². The molecule has 0 saturated heterocycles. The second kappa shape index (κ2) is 6.72. The molecular weight excluding hydrogens is 284 g/mol. The zero-order valence-electron chi connectivity index (χ0n) is 12.6. The molecular formula is C16H20N2O2S. The smallest absolute Gasteiger partial charge is 0.250 e. The fourth-order valence-corrected chi connectivity index (χ4v) is 3.00. The minimum Gasteiger partial charge on any atom is -0.494 e. The van der Waals surface area contributed by atoms with Crippen molar-refractivity contribution in [2.45, 2.75) is 27.3 Å². The molecule has 0 saturated carbocycles. The van der Waals surface area contributed by atoms with Gasteiger partial charge < -0.3 is 9.30 Å². The minimum absolute atomic E-state index is 0.105. The number of benzene rings is 1. The molecule has 5 heteroatoms. The molecule has 2 aromatic rings. The first-order chi connectivity index (χ1) is 10.1. The van der Waals surface area contributed by atoms with E-state index in [2.05, 4.69) is 11.6 Å². The van der Waals surface area contributed by atoms with Gasteiger partial charge in [0.25, 0.3) is 5.91 Å². The summed E-state index contributed by atoms with van der Waals surface area (Å²) in [5, 5.41) is 0. The molecule has 0 bridgehead atoms. The fraction of sp³-hybridized carbons (Fsp3) is 0.375. The Morgan fingerprint density at radius 2 is 2.29 bits per heavy atom. The number of nitrogens with zero attached hydrogens (tertiary/aromatic N) is 2. The van der Waals surface area contributed by atoms with E-state index in [1.54, 1.807) is 0 Å². The van der Waals surface area contributed by atoms with E-state index in [-0.39, 0.29) is 11.8 Å². The van der Waals surface area contributed by atoms with Crippen LogP contribution in [0.4, 0.5) is 0 Å². The standard InChI is InChI=1S/C16H20N2O2S/c1-5-9-18-13-8-7-12(20-6-2)10-14(13)21-16(18)17-15(19)11(3)4/h5,7-8,10-11H,1,6,9H2,2-4H3. The summed E-state index contributed by atoms with van der Waals surface area (Å²) in [5.41, 5.74) is 1.04. The van der Waals surface area contributed by atoms with Crippen LogP contribution in [-0.2, 0) is 11.3 Å². The highest BCUT2D eigenvalue weighted by molar-refractivity contribution is 7.16. The second-order valence-electron chi connectivity index (χ2n) is 4.95. The van der Waals surface area contributed by atoms with Gasteiger partial charge in [-0.05, 0) is 25.1 Å². The molecule has 1 heterocycles. The molecule has 0 radical (unpaired) electrons. The largest absolute Gasteiger partial charge is 0.494 e. The van der Waals surface area contributed by atoms with Gasteiger partial charge in [0.15, 0.2) is 4.80 Å². The van der Waals surface area contributed by atoms with Crippen LogP contribution in [0.1, 0.15) is 20.8 Å². The van der Waals surface area contributed by atoms with E-state index >= 15 is 0 Å². The highest BCUT2D eigenvalue weighted by Crippen LogP contribution is 2.23. The lowest BCUT2D eigenvalue weighted by atomic mass is 10.2. The van der Waals surface area contributed by atoms with Gasteiger partial charge in [-0.1, -0.05) is 31.3 Å². The molecule has 0 spiro atoms. The van der Waals surface area contributed by atoms with Crippen molar-refractivity contribution in [2.75, 3.05) is 6.61 Å². The number of rotatable bonds is 5. The summed E-state index contributed by atoms with van der Waals surface area (Å²) in [6, 6.07) is 5.92. The van der Waals surface area contributed by atoms with E-state index in [1.807, 2.05) is 49.6 Å². The average Bonchev–Trinajstić information content (AvgIpc) is 2.77. The average molecular weight is 304 g/mol. The predicted molar refractivity (Wildman–Crippen MR) is 86.6 cm³/mol. The highest BCUT2D eigenvalue weighted by Gasteiger charge is 2.10. The van der Waals surface area contributed by atoms with E-state index < -0.39 is 0 Å². The maximum Gasteiger partial charge on any atom is 0.250 e. The summed E-state index contributed by atoms with van der Waals surface area (Å²) in [6.45, 7) is 10.7. The van der Waals surface area contributed by atoms with E-state index in [1.165, 1.54) is 11.3 Å². The number of fused-ring (bicyclic) bond motifs is 1. The van der Waals surface area contributed by atoms with Gasteiger partial charge >= 0.3 is 0 Å². The van der Waals surface area contributed by atoms with Crippen molar-refractivity contribution in [3.63, 3.8) is 0 Å². The van der Waals surface area contributed by atoms with Gasteiger partial charge in [0.1, 0.15) is 5.75 Å². The Labute approximate surface area is 128 Å². The van der Waals surface area contributed by atoms with Gasteiger partial charge in [-0.2, -0.15) is 4.99 Å². The van der Waals surface area contributed by atoms with Crippen LogP contribution in [0, 0.1) is 5.92 Å². The molecule has 0 atom stereocenters. The summed E-state index contributed by atoms with van der Waals surface area (Å²) < 4.78 is 8.58. The molecule has 0 N–H and O–H groups in total. The lowest BCUT2D eigenvalue weighted by molar-refractivity contribution is -0.120. The number of hydrogen-bond acceptors (Lipinski definition) is 3. The van der Waals surface area contributed by atoms with Gasteiger partial charge in [-0.25, -0.2) is 0 Å². The predicted octanol–water partition coefficient (Wildman–Crippen LogP) is 3.37. The Balaban J connectivity index is 2.61. The molecule has 0 aliphatic heterocycles. The molecule has 2 rings (SSSR count). The number of allylic oxidation sites excluding steroid dienone is 1. The third-order valence-electron chi connectivity index (χ3n) is 2.98. The number of ether oxygens (including phenoxy) is 1. The molecule has 0 unspecified atom stereocenters. The van der Waals surface area contributed by atoms with Crippen molar-refractivity contribution < 1.29 is 9.53 Å². The van der Waals surface area contributed by atoms with Crippen molar-refractivity contribution in [1.29, 1.82) is 0 Å². The maximum atomic E-state index is 11.9. The van der Waals surface area contributed by atoms with Crippen LogP contribution in [0.5, 0.6) is 5.75 Å². The molecule has 112 valence electrons. The van der Waals surface area contributed by atoms with Gasteiger partial charge in [-0.15, -0.1) is 6.58 Å². The quantitative estimate of drug-likeness (QED) is 0.795. The molecule has 1 aromatic heterocycles. The summed E-state index contributed by atoms with van der Waals surface area (Å²) in [7, 11) is 0. The zero-order valence-corrected chi connectivity index (χ0v) is 13.4. The summed E-state index contributed by atoms with van der Waals surface area (Å²) in [6.07, 6.45) is 1.81. The first-order valence-electron chi connectivity index (χ1n) is 7.02. The Morgan fingerprint density at radius 3 is 2.90 bits per heavy atom. The summed E-state index contributed by atoms with van der Waals surface area (Å²) in [4.78, 5) is 16.8. The molecule has 1 amide bonds. The van der Waals surface area contributed by atoms with Crippen LogP contribution in [-0.4, -0.2) is 17.1 Å². The van der Waals surface area contributed by atoms with Crippen molar-refractivity contribution in [1.82, 2.24) is 4.57 Å². The van der Waals surface area contributed by atoms with Crippen LogP contribution < -0.4 is 9.54 Å². The molecule has 0 aliphatic carbocycles. The Bertz CT molecular complexity index is 725. The van der Waals surface area contributed by atoms with Crippen molar-refractivity contribution in [3.05, 3.63) is 35.7 Å². The number of carbonyl (C=O) groups is 1. The van der Waals surface area contributed by atoms with Gasteiger partial charge in [0.2, 0.25) is 0 Å². The number of hydrogen-bond donors (Lipinski definition) is 0. The van der Waals surface area contributed by atoms with E-state index in [9.17, 15) is 4.79 Å². The van der Waals surface area contributed by atoms with Gasteiger partial charge in [0.05, 0.1) is 16.8 Å². The molecule has 21 heavy (non-hydrogen) atoms. The Kier molecular flexibility index (Phi) is 4.96. The summed E-state index contributed by atoms with van der Waals surface area (Å²) >= 11 is 1.50. The Hall–Kier alpha value is -1.88. The van der Waals surface area contributed by atoms with Crippen molar-refractivity contribution in [3.8, 4) is 5.75 Å². The van der Waals surface area contributed by atoms with Crippen LogP contribution in [0.3, 0.4) is 0 Å². The lowest BCUT2D eigenvalue weighted by Gasteiger charge is -2.04. The van der Waals surface area contributed by atoms with E-state index in [4.69, 9.17) is 4.74 Å². The van der Waals surface area contributed by atoms with Crippen LogP contribution >= 0.6 is 11.3 Å². The Morgan fingerprint density at radius 1 is 1.52 bits per heavy atom. The van der Waals surface area contributed by atoms with Gasteiger partial charge in [0, 0.05) is 12.5 Å².